The largest absolute Gasteiger partial charge is 0.573 e. The first-order valence-corrected chi connectivity index (χ1v) is 7.35. The topological polar surface area (TPSA) is 21.3 Å². The lowest BCUT2D eigenvalue weighted by Crippen LogP contribution is -2.32. The smallest absolute Gasteiger partial charge is 0.405 e. The van der Waals surface area contributed by atoms with E-state index in [1.807, 2.05) is 11.8 Å². The summed E-state index contributed by atoms with van der Waals surface area (Å²) in [5.74, 6) is 2.10. The van der Waals surface area contributed by atoms with Gasteiger partial charge in [-0.3, -0.25) is 0 Å². The molecule has 0 aromatic heterocycles. The first-order chi connectivity index (χ1) is 9.04. The van der Waals surface area contributed by atoms with Crippen LogP contribution in [0.25, 0.3) is 0 Å². The fourth-order valence-electron chi connectivity index (χ4n) is 2.03. The van der Waals surface area contributed by atoms with Gasteiger partial charge in [-0.05, 0) is 30.4 Å². The van der Waals surface area contributed by atoms with E-state index >= 15 is 0 Å². The summed E-state index contributed by atoms with van der Waals surface area (Å²) in [6.07, 6.45) is -2.52. The highest BCUT2D eigenvalue weighted by Gasteiger charge is 2.32. The predicted octanol–water partition coefficient (Wildman–Crippen LogP) is 3.57. The molecule has 0 unspecified atom stereocenters. The van der Waals surface area contributed by atoms with Gasteiger partial charge in [-0.25, -0.2) is 0 Å². The van der Waals surface area contributed by atoms with Gasteiger partial charge in [-0.2, -0.15) is 11.8 Å². The van der Waals surface area contributed by atoms with E-state index < -0.39 is 6.36 Å². The molecular formula is C13H16F3NOS. The summed E-state index contributed by atoms with van der Waals surface area (Å²) in [4.78, 5) is 0. The van der Waals surface area contributed by atoms with E-state index in [0.717, 1.165) is 24.3 Å². The molecule has 1 aromatic carbocycles. The number of para-hydroxylation sites is 1. The minimum absolute atomic E-state index is 0.118. The Morgan fingerprint density at radius 2 is 1.89 bits per heavy atom. The van der Waals surface area contributed by atoms with Crippen LogP contribution in [0.15, 0.2) is 24.3 Å². The summed E-state index contributed by atoms with van der Waals surface area (Å²) in [6.45, 7) is 0.404. The number of halogens is 3. The van der Waals surface area contributed by atoms with Crippen LogP contribution in [0.4, 0.5) is 13.2 Å². The zero-order chi connectivity index (χ0) is 13.7. The summed E-state index contributed by atoms with van der Waals surface area (Å²) < 4.78 is 40.8. The van der Waals surface area contributed by atoms with E-state index in [9.17, 15) is 13.2 Å². The minimum atomic E-state index is -4.64. The number of thioether (sulfide) groups is 1. The normalized spacial score (nSPS) is 17.4. The number of rotatable bonds is 4. The molecule has 6 heteroatoms. The number of nitrogens with one attached hydrogen (secondary N) is 1. The molecule has 0 radical (unpaired) electrons. The maximum atomic E-state index is 12.3. The van der Waals surface area contributed by atoms with Crippen LogP contribution in [-0.4, -0.2) is 23.9 Å². The third-order valence-electron chi connectivity index (χ3n) is 3.00. The fourth-order valence-corrected chi connectivity index (χ4v) is 3.14. The van der Waals surface area contributed by atoms with E-state index in [1.54, 1.807) is 18.2 Å². The van der Waals surface area contributed by atoms with Gasteiger partial charge in [0.15, 0.2) is 0 Å². The number of hydrogen-bond donors (Lipinski definition) is 1. The molecule has 0 saturated carbocycles. The SMILES string of the molecule is FC(F)(F)Oc1ccccc1CNC1CCSCC1. The van der Waals surface area contributed by atoms with Gasteiger partial charge in [0.05, 0.1) is 0 Å². The Balaban J connectivity index is 1.95. The van der Waals surface area contributed by atoms with Gasteiger partial charge in [-0.1, -0.05) is 18.2 Å². The number of ether oxygens (including phenoxy) is 1. The van der Waals surface area contributed by atoms with Crippen LogP contribution in [0.5, 0.6) is 5.75 Å². The molecule has 1 saturated heterocycles. The van der Waals surface area contributed by atoms with E-state index in [4.69, 9.17) is 0 Å². The van der Waals surface area contributed by atoms with Gasteiger partial charge >= 0.3 is 6.36 Å². The second-order valence-corrected chi connectivity index (χ2v) is 5.65. The van der Waals surface area contributed by atoms with E-state index in [1.165, 1.54) is 6.07 Å². The van der Waals surface area contributed by atoms with Crippen molar-refractivity contribution in [3.05, 3.63) is 29.8 Å². The van der Waals surface area contributed by atoms with Gasteiger partial charge in [0, 0.05) is 18.2 Å². The first-order valence-electron chi connectivity index (χ1n) is 6.19. The van der Waals surface area contributed by atoms with Crippen molar-refractivity contribution in [1.82, 2.24) is 5.32 Å². The number of hydrogen-bond acceptors (Lipinski definition) is 3. The second-order valence-electron chi connectivity index (χ2n) is 4.42. The average Bonchev–Trinajstić information content (AvgIpc) is 2.37. The summed E-state index contributed by atoms with van der Waals surface area (Å²) in [5.41, 5.74) is 0.540. The lowest BCUT2D eigenvalue weighted by atomic mass is 10.1. The molecule has 2 nitrogen and oxygen atoms in total. The van der Waals surface area contributed by atoms with Crippen LogP contribution in [0.3, 0.4) is 0 Å². The van der Waals surface area contributed by atoms with Crippen molar-refractivity contribution < 1.29 is 17.9 Å². The summed E-state index contributed by atoms with van der Waals surface area (Å²) in [7, 11) is 0. The Morgan fingerprint density at radius 1 is 1.21 bits per heavy atom. The lowest BCUT2D eigenvalue weighted by Gasteiger charge is -2.23. The maximum absolute atomic E-state index is 12.3. The highest BCUT2D eigenvalue weighted by Crippen LogP contribution is 2.26. The van der Waals surface area contributed by atoms with Crippen molar-refractivity contribution >= 4 is 11.8 Å². The van der Waals surface area contributed by atoms with E-state index in [2.05, 4.69) is 10.1 Å². The van der Waals surface area contributed by atoms with Gasteiger partial charge in [-0.15, -0.1) is 13.2 Å². The standard InChI is InChI=1S/C13H16F3NOS/c14-13(15,16)18-12-4-2-1-3-10(12)9-17-11-5-7-19-8-6-11/h1-4,11,17H,5-9H2. The molecule has 0 aliphatic carbocycles. The van der Waals surface area contributed by atoms with Crippen molar-refractivity contribution in [2.75, 3.05) is 11.5 Å². The molecular weight excluding hydrogens is 275 g/mol. The quantitative estimate of drug-likeness (QED) is 0.916. The summed E-state index contributed by atoms with van der Waals surface area (Å²) in [6, 6.07) is 6.66. The molecule has 0 amide bonds. The monoisotopic (exact) mass is 291 g/mol. The molecule has 2 rings (SSSR count). The Labute approximate surface area is 114 Å². The molecule has 1 aliphatic rings. The maximum Gasteiger partial charge on any atom is 0.573 e. The third-order valence-corrected chi connectivity index (χ3v) is 4.05. The van der Waals surface area contributed by atoms with Crippen LogP contribution in [0.2, 0.25) is 0 Å². The zero-order valence-corrected chi connectivity index (χ0v) is 11.2. The Bertz CT molecular complexity index is 405. The van der Waals surface area contributed by atoms with Gasteiger partial charge < -0.3 is 10.1 Å². The predicted molar refractivity (Wildman–Crippen MR) is 70.3 cm³/mol. The van der Waals surface area contributed by atoms with Crippen molar-refractivity contribution in [3.63, 3.8) is 0 Å². The van der Waals surface area contributed by atoms with Gasteiger partial charge in [0.25, 0.3) is 0 Å². The van der Waals surface area contributed by atoms with Crippen LogP contribution < -0.4 is 10.1 Å². The van der Waals surface area contributed by atoms with Crippen LogP contribution in [0, 0.1) is 0 Å². The lowest BCUT2D eigenvalue weighted by molar-refractivity contribution is -0.274. The van der Waals surface area contributed by atoms with E-state index in [-0.39, 0.29) is 5.75 Å². The van der Waals surface area contributed by atoms with Gasteiger partial charge in [0.1, 0.15) is 5.75 Å². The van der Waals surface area contributed by atoms with E-state index in [0.29, 0.717) is 18.2 Å². The second kappa shape index (κ2) is 6.52. The Kier molecular flexibility index (Phi) is 4.99. The molecule has 0 bridgehead atoms. The zero-order valence-electron chi connectivity index (χ0n) is 10.4. The number of alkyl halides is 3. The van der Waals surface area contributed by atoms with Crippen LogP contribution in [-0.2, 0) is 6.54 Å². The highest BCUT2D eigenvalue weighted by molar-refractivity contribution is 7.99. The Hall–Kier alpha value is -0.880. The highest BCUT2D eigenvalue weighted by atomic mass is 32.2. The fraction of sp³-hybridized carbons (Fsp3) is 0.538. The molecule has 1 aliphatic heterocycles. The van der Waals surface area contributed by atoms with Crippen LogP contribution >= 0.6 is 11.8 Å². The van der Waals surface area contributed by atoms with Crippen LogP contribution in [0.1, 0.15) is 18.4 Å². The van der Waals surface area contributed by atoms with Crippen molar-refractivity contribution in [1.29, 1.82) is 0 Å². The number of benzene rings is 1. The Morgan fingerprint density at radius 3 is 2.58 bits per heavy atom. The van der Waals surface area contributed by atoms with Crippen molar-refractivity contribution in [2.24, 2.45) is 0 Å². The molecule has 1 fully saturated rings. The van der Waals surface area contributed by atoms with Crippen molar-refractivity contribution in [3.8, 4) is 5.75 Å². The summed E-state index contributed by atoms with van der Waals surface area (Å²) in [5, 5.41) is 3.30. The average molecular weight is 291 g/mol. The minimum Gasteiger partial charge on any atom is -0.405 e. The molecule has 1 heterocycles. The molecule has 0 atom stereocenters. The summed E-state index contributed by atoms with van der Waals surface area (Å²) >= 11 is 1.92. The molecule has 106 valence electrons. The molecule has 0 spiro atoms. The van der Waals surface area contributed by atoms with Crippen molar-refractivity contribution in [2.45, 2.75) is 31.8 Å². The first kappa shape index (κ1) is 14.5. The molecule has 1 N–H and O–H groups in total. The molecule has 19 heavy (non-hydrogen) atoms. The molecule has 1 aromatic rings. The van der Waals surface area contributed by atoms with Gasteiger partial charge in [0.2, 0.25) is 0 Å². The third kappa shape index (κ3) is 4.95.